The quantitative estimate of drug-likeness (QED) is 0.866. The second kappa shape index (κ2) is 8.13. The summed E-state index contributed by atoms with van der Waals surface area (Å²) in [5.74, 6) is 0.0766. The molecule has 1 saturated heterocycles. The molecule has 0 aromatic heterocycles. The summed E-state index contributed by atoms with van der Waals surface area (Å²) in [6, 6.07) is 6.12. The summed E-state index contributed by atoms with van der Waals surface area (Å²) < 4.78 is 5.42. The number of amides is 1. The van der Waals surface area contributed by atoms with Gasteiger partial charge in [-0.15, -0.1) is 12.4 Å². The lowest BCUT2D eigenvalue weighted by molar-refractivity contribution is 0.0511. The second-order valence-electron chi connectivity index (χ2n) is 6.66. The molecule has 1 fully saturated rings. The summed E-state index contributed by atoms with van der Waals surface area (Å²) in [6.45, 7) is 3.41. The monoisotopic (exact) mass is 338 g/mol. The van der Waals surface area contributed by atoms with E-state index in [1.807, 2.05) is 12.1 Å². The Balaban J connectivity index is 0.00000192. The van der Waals surface area contributed by atoms with Crippen molar-refractivity contribution in [3.63, 3.8) is 0 Å². The van der Waals surface area contributed by atoms with Gasteiger partial charge < -0.3 is 15.4 Å². The molecule has 1 aromatic rings. The van der Waals surface area contributed by atoms with Crippen molar-refractivity contribution in [2.45, 2.75) is 32.1 Å². The first-order valence-corrected chi connectivity index (χ1v) is 8.33. The molecule has 1 aliphatic carbocycles. The van der Waals surface area contributed by atoms with E-state index in [4.69, 9.17) is 4.74 Å². The minimum absolute atomic E-state index is 0. The van der Waals surface area contributed by atoms with E-state index in [1.165, 1.54) is 17.5 Å². The first-order chi connectivity index (χ1) is 10.7. The lowest BCUT2D eigenvalue weighted by Crippen LogP contribution is -2.47. The normalized spacial score (nSPS) is 18.8. The molecule has 4 nitrogen and oxygen atoms in total. The second-order valence-corrected chi connectivity index (χ2v) is 6.66. The summed E-state index contributed by atoms with van der Waals surface area (Å²) in [6.07, 6.45) is 5.41. The molecule has 1 amide bonds. The molecule has 128 valence electrons. The number of ether oxygens (including phenoxy) is 1. The molecule has 23 heavy (non-hydrogen) atoms. The molecule has 0 bridgehead atoms. The first kappa shape index (κ1) is 18.2. The van der Waals surface area contributed by atoms with Crippen LogP contribution in [0.15, 0.2) is 18.2 Å². The van der Waals surface area contributed by atoms with Crippen molar-refractivity contribution in [2.24, 2.45) is 5.41 Å². The Morgan fingerprint density at radius 2 is 2.09 bits per heavy atom. The maximum Gasteiger partial charge on any atom is 0.251 e. The van der Waals surface area contributed by atoms with Crippen molar-refractivity contribution in [2.75, 3.05) is 33.4 Å². The van der Waals surface area contributed by atoms with Gasteiger partial charge in [-0.1, -0.05) is 12.1 Å². The van der Waals surface area contributed by atoms with Gasteiger partial charge in [-0.25, -0.2) is 0 Å². The minimum atomic E-state index is 0. The highest BCUT2D eigenvalue weighted by Crippen LogP contribution is 2.29. The zero-order valence-electron chi connectivity index (χ0n) is 13.8. The number of aryl methyl sites for hydroxylation is 1. The molecular formula is C18H27ClN2O2. The van der Waals surface area contributed by atoms with Gasteiger partial charge in [0.2, 0.25) is 0 Å². The molecule has 0 radical (unpaired) electrons. The fraction of sp³-hybridized carbons (Fsp3) is 0.611. The molecule has 1 aliphatic heterocycles. The zero-order valence-corrected chi connectivity index (χ0v) is 14.6. The average molecular weight is 339 g/mol. The zero-order chi connectivity index (χ0) is 15.4. The molecule has 1 aromatic carbocycles. The summed E-state index contributed by atoms with van der Waals surface area (Å²) in [5, 5.41) is 6.56. The van der Waals surface area contributed by atoms with Crippen LogP contribution in [0.3, 0.4) is 0 Å². The van der Waals surface area contributed by atoms with E-state index in [1.54, 1.807) is 7.11 Å². The number of rotatable bonds is 5. The molecule has 3 rings (SSSR count). The van der Waals surface area contributed by atoms with Gasteiger partial charge in [-0.2, -0.15) is 0 Å². The minimum Gasteiger partial charge on any atom is -0.384 e. The molecule has 0 spiro atoms. The van der Waals surface area contributed by atoms with Crippen molar-refractivity contribution in [1.82, 2.24) is 10.6 Å². The van der Waals surface area contributed by atoms with Crippen LogP contribution in [-0.4, -0.2) is 39.3 Å². The highest BCUT2D eigenvalue weighted by atomic mass is 35.5. The van der Waals surface area contributed by atoms with E-state index in [9.17, 15) is 4.79 Å². The number of carbonyl (C=O) groups is 1. The molecule has 0 saturated carbocycles. The van der Waals surface area contributed by atoms with Gasteiger partial charge >= 0.3 is 0 Å². The standard InChI is InChI=1S/C18H26N2O2.ClH/c1-22-13-18(8-10-19-11-9-18)12-20-17(21)16-7-3-5-14-4-2-6-15(14)16;/h3,5,7,19H,2,4,6,8-13H2,1H3,(H,20,21);1H. The smallest absolute Gasteiger partial charge is 0.251 e. The van der Waals surface area contributed by atoms with Crippen LogP contribution in [-0.2, 0) is 17.6 Å². The average Bonchev–Trinajstić information content (AvgIpc) is 3.02. The van der Waals surface area contributed by atoms with Crippen LogP contribution in [0.2, 0.25) is 0 Å². The molecular weight excluding hydrogens is 312 g/mol. The Hall–Kier alpha value is -1.10. The highest BCUT2D eigenvalue weighted by Gasteiger charge is 2.32. The van der Waals surface area contributed by atoms with Crippen LogP contribution >= 0.6 is 12.4 Å². The Labute approximate surface area is 144 Å². The fourth-order valence-corrected chi connectivity index (χ4v) is 3.83. The number of halogens is 1. The van der Waals surface area contributed by atoms with Crippen molar-refractivity contribution < 1.29 is 9.53 Å². The molecule has 2 N–H and O–H groups in total. The predicted molar refractivity (Wildman–Crippen MR) is 94.5 cm³/mol. The number of piperidine rings is 1. The van der Waals surface area contributed by atoms with E-state index >= 15 is 0 Å². The third-order valence-corrected chi connectivity index (χ3v) is 5.13. The summed E-state index contributed by atoms with van der Waals surface area (Å²) >= 11 is 0. The Morgan fingerprint density at radius 3 is 2.83 bits per heavy atom. The molecule has 1 heterocycles. The first-order valence-electron chi connectivity index (χ1n) is 8.33. The highest BCUT2D eigenvalue weighted by molar-refractivity contribution is 5.96. The van der Waals surface area contributed by atoms with E-state index in [2.05, 4.69) is 16.7 Å². The summed E-state index contributed by atoms with van der Waals surface area (Å²) in [7, 11) is 1.75. The van der Waals surface area contributed by atoms with Gasteiger partial charge in [0.25, 0.3) is 5.91 Å². The predicted octanol–water partition coefficient (Wildman–Crippen LogP) is 2.34. The lowest BCUT2D eigenvalue weighted by Gasteiger charge is -2.37. The number of benzene rings is 1. The topological polar surface area (TPSA) is 50.4 Å². The van der Waals surface area contributed by atoms with Crippen molar-refractivity contribution in [3.8, 4) is 0 Å². The van der Waals surface area contributed by atoms with E-state index < -0.39 is 0 Å². The third kappa shape index (κ3) is 4.06. The summed E-state index contributed by atoms with van der Waals surface area (Å²) in [5.41, 5.74) is 3.55. The van der Waals surface area contributed by atoms with Gasteiger partial charge in [0.1, 0.15) is 0 Å². The molecule has 0 unspecified atom stereocenters. The maximum absolute atomic E-state index is 12.6. The number of carbonyl (C=O) groups excluding carboxylic acids is 1. The maximum atomic E-state index is 12.6. The van der Waals surface area contributed by atoms with Gasteiger partial charge in [0, 0.05) is 24.6 Å². The van der Waals surface area contributed by atoms with Crippen molar-refractivity contribution in [3.05, 3.63) is 34.9 Å². The van der Waals surface area contributed by atoms with Gasteiger partial charge in [-0.3, -0.25) is 4.79 Å². The van der Waals surface area contributed by atoms with Crippen LogP contribution < -0.4 is 10.6 Å². The summed E-state index contributed by atoms with van der Waals surface area (Å²) in [4.78, 5) is 12.6. The van der Waals surface area contributed by atoms with E-state index in [0.717, 1.165) is 44.3 Å². The van der Waals surface area contributed by atoms with Gasteiger partial charge in [0.15, 0.2) is 0 Å². The van der Waals surface area contributed by atoms with Crippen LogP contribution in [0, 0.1) is 5.41 Å². The number of hydrogen-bond acceptors (Lipinski definition) is 3. The van der Waals surface area contributed by atoms with Crippen LogP contribution in [0.5, 0.6) is 0 Å². The van der Waals surface area contributed by atoms with Crippen molar-refractivity contribution >= 4 is 18.3 Å². The van der Waals surface area contributed by atoms with Crippen molar-refractivity contribution in [1.29, 1.82) is 0 Å². The number of nitrogens with one attached hydrogen (secondary N) is 2. The van der Waals surface area contributed by atoms with E-state index in [0.29, 0.717) is 13.2 Å². The number of fused-ring (bicyclic) bond motifs is 1. The van der Waals surface area contributed by atoms with Gasteiger partial charge in [0.05, 0.1) is 6.61 Å². The molecule has 2 aliphatic rings. The number of hydrogen-bond donors (Lipinski definition) is 2. The fourth-order valence-electron chi connectivity index (χ4n) is 3.83. The molecule has 5 heteroatoms. The SMILES string of the molecule is COCC1(CNC(=O)c2cccc3c2CCC3)CCNCC1.Cl. The van der Waals surface area contributed by atoms with E-state index in [-0.39, 0.29) is 23.7 Å². The van der Waals surface area contributed by atoms with Crippen LogP contribution in [0.4, 0.5) is 0 Å². The Kier molecular flexibility index (Phi) is 6.45. The Morgan fingerprint density at radius 1 is 1.30 bits per heavy atom. The van der Waals surface area contributed by atoms with Gasteiger partial charge in [-0.05, 0) is 62.4 Å². The third-order valence-electron chi connectivity index (χ3n) is 5.13. The largest absolute Gasteiger partial charge is 0.384 e. The lowest BCUT2D eigenvalue weighted by atomic mass is 9.79. The number of methoxy groups -OCH3 is 1. The Bertz CT molecular complexity index is 536. The van der Waals surface area contributed by atoms with Crippen LogP contribution in [0.1, 0.15) is 40.7 Å². The van der Waals surface area contributed by atoms with Crippen LogP contribution in [0.25, 0.3) is 0 Å². The molecule has 0 atom stereocenters.